The van der Waals surface area contributed by atoms with E-state index in [1.54, 1.807) is 0 Å². The SMILES string of the molecule is COCOc1cccc(C(=O)O)c1F. The minimum atomic E-state index is -1.33. The lowest BCUT2D eigenvalue weighted by Gasteiger charge is -2.06. The molecule has 1 N–H and O–H groups in total. The van der Waals surface area contributed by atoms with Crippen molar-refractivity contribution < 1.29 is 23.8 Å². The molecule has 0 fully saturated rings. The van der Waals surface area contributed by atoms with E-state index in [2.05, 4.69) is 4.74 Å². The predicted octanol–water partition coefficient (Wildman–Crippen LogP) is 1.51. The Morgan fingerprint density at radius 3 is 2.86 bits per heavy atom. The molecule has 0 atom stereocenters. The van der Waals surface area contributed by atoms with Crippen LogP contribution in [0.2, 0.25) is 0 Å². The summed E-state index contributed by atoms with van der Waals surface area (Å²) in [4.78, 5) is 10.5. The van der Waals surface area contributed by atoms with Gasteiger partial charge in [-0.1, -0.05) is 6.07 Å². The lowest BCUT2D eigenvalue weighted by atomic mass is 10.2. The van der Waals surface area contributed by atoms with Crippen LogP contribution in [0.5, 0.6) is 5.75 Å². The number of rotatable bonds is 4. The van der Waals surface area contributed by atoms with Crippen LogP contribution in [-0.4, -0.2) is 25.0 Å². The molecule has 0 aliphatic rings. The van der Waals surface area contributed by atoms with Crippen LogP contribution in [0.4, 0.5) is 4.39 Å². The quantitative estimate of drug-likeness (QED) is 0.748. The van der Waals surface area contributed by atoms with Crippen LogP contribution in [0.3, 0.4) is 0 Å². The molecule has 1 aromatic rings. The largest absolute Gasteiger partial charge is 0.478 e. The fourth-order valence-corrected chi connectivity index (χ4v) is 0.910. The van der Waals surface area contributed by atoms with Crippen molar-refractivity contribution >= 4 is 5.97 Å². The Kier molecular flexibility index (Phi) is 3.41. The number of benzene rings is 1. The van der Waals surface area contributed by atoms with Crippen molar-refractivity contribution in [3.05, 3.63) is 29.6 Å². The number of aromatic carboxylic acids is 1. The van der Waals surface area contributed by atoms with Gasteiger partial charge >= 0.3 is 5.97 Å². The molecular weight excluding hydrogens is 191 g/mol. The zero-order chi connectivity index (χ0) is 10.6. The summed E-state index contributed by atoms with van der Waals surface area (Å²) in [7, 11) is 1.39. The molecule has 0 saturated heterocycles. The molecule has 0 amide bonds. The van der Waals surface area contributed by atoms with Gasteiger partial charge in [-0.05, 0) is 12.1 Å². The Balaban J connectivity index is 2.95. The molecule has 1 rings (SSSR count). The molecule has 0 unspecified atom stereocenters. The monoisotopic (exact) mass is 200 g/mol. The van der Waals surface area contributed by atoms with Gasteiger partial charge in [0.15, 0.2) is 18.4 Å². The van der Waals surface area contributed by atoms with Crippen LogP contribution >= 0.6 is 0 Å². The van der Waals surface area contributed by atoms with Crippen LogP contribution < -0.4 is 4.74 Å². The van der Waals surface area contributed by atoms with E-state index in [0.29, 0.717) is 0 Å². The van der Waals surface area contributed by atoms with E-state index in [-0.39, 0.29) is 12.5 Å². The van der Waals surface area contributed by atoms with Crippen molar-refractivity contribution in [2.24, 2.45) is 0 Å². The lowest BCUT2D eigenvalue weighted by molar-refractivity contribution is 0.0476. The number of halogens is 1. The van der Waals surface area contributed by atoms with Crippen molar-refractivity contribution in [2.45, 2.75) is 0 Å². The van der Waals surface area contributed by atoms with Gasteiger partial charge in [0.05, 0.1) is 5.56 Å². The number of carbonyl (C=O) groups is 1. The second-order valence-corrected chi connectivity index (χ2v) is 2.47. The van der Waals surface area contributed by atoms with Crippen LogP contribution in [-0.2, 0) is 4.74 Å². The van der Waals surface area contributed by atoms with Gasteiger partial charge in [-0.3, -0.25) is 0 Å². The van der Waals surface area contributed by atoms with Crippen molar-refractivity contribution in [1.82, 2.24) is 0 Å². The van der Waals surface area contributed by atoms with Gasteiger partial charge in [0.2, 0.25) is 0 Å². The van der Waals surface area contributed by atoms with E-state index in [1.807, 2.05) is 0 Å². The van der Waals surface area contributed by atoms with Gasteiger partial charge in [0, 0.05) is 7.11 Å². The maximum atomic E-state index is 13.3. The summed E-state index contributed by atoms with van der Waals surface area (Å²) in [6, 6.07) is 3.90. The van der Waals surface area contributed by atoms with E-state index >= 15 is 0 Å². The Morgan fingerprint density at radius 1 is 1.57 bits per heavy atom. The summed E-state index contributed by atoms with van der Waals surface area (Å²) < 4.78 is 22.7. The van der Waals surface area contributed by atoms with Gasteiger partial charge in [0.25, 0.3) is 0 Å². The molecule has 0 aliphatic carbocycles. The van der Waals surface area contributed by atoms with Gasteiger partial charge in [-0.25, -0.2) is 9.18 Å². The second-order valence-electron chi connectivity index (χ2n) is 2.47. The molecule has 5 heteroatoms. The highest BCUT2D eigenvalue weighted by Crippen LogP contribution is 2.20. The standard InChI is InChI=1S/C9H9FO4/c1-13-5-14-7-4-2-3-6(8(7)10)9(11)12/h2-4H,5H2,1H3,(H,11,12). The number of hydrogen-bond donors (Lipinski definition) is 1. The van der Waals surface area contributed by atoms with E-state index in [1.165, 1.54) is 19.2 Å². The molecule has 0 radical (unpaired) electrons. The minimum Gasteiger partial charge on any atom is -0.478 e. The molecular formula is C9H9FO4. The molecule has 1 aromatic carbocycles. The Morgan fingerprint density at radius 2 is 2.29 bits per heavy atom. The summed E-state index contributed by atoms with van der Waals surface area (Å²) in [6.45, 7) is -0.125. The van der Waals surface area contributed by atoms with Gasteiger partial charge < -0.3 is 14.6 Å². The fraction of sp³-hybridized carbons (Fsp3) is 0.222. The number of carboxylic acid groups (broad SMARTS) is 1. The summed E-state index contributed by atoms with van der Waals surface area (Å²) in [6.07, 6.45) is 0. The van der Waals surface area contributed by atoms with Crippen LogP contribution in [0.1, 0.15) is 10.4 Å². The highest BCUT2D eigenvalue weighted by atomic mass is 19.1. The zero-order valence-electron chi connectivity index (χ0n) is 7.49. The molecule has 4 nitrogen and oxygen atoms in total. The summed E-state index contributed by atoms with van der Waals surface area (Å²) in [5.74, 6) is -2.35. The van der Waals surface area contributed by atoms with Gasteiger partial charge in [0.1, 0.15) is 0 Å². The Labute approximate surface area is 79.9 Å². The number of hydrogen-bond acceptors (Lipinski definition) is 3. The third-order valence-electron chi connectivity index (χ3n) is 1.53. The van der Waals surface area contributed by atoms with E-state index < -0.39 is 17.3 Å². The molecule has 0 heterocycles. The summed E-state index contributed by atoms with van der Waals surface area (Å²) >= 11 is 0. The third-order valence-corrected chi connectivity index (χ3v) is 1.53. The smallest absolute Gasteiger partial charge is 0.338 e. The number of carboxylic acids is 1. The molecule has 0 aliphatic heterocycles. The first kappa shape index (κ1) is 10.5. The van der Waals surface area contributed by atoms with Crippen molar-refractivity contribution in [3.63, 3.8) is 0 Å². The fourth-order valence-electron chi connectivity index (χ4n) is 0.910. The molecule has 0 aromatic heterocycles. The second kappa shape index (κ2) is 4.57. The first-order valence-corrected chi connectivity index (χ1v) is 3.80. The molecule has 0 spiro atoms. The Bertz CT molecular complexity index is 338. The van der Waals surface area contributed by atoms with Gasteiger partial charge in [-0.15, -0.1) is 0 Å². The van der Waals surface area contributed by atoms with Crippen LogP contribution in [0.15, 0.2) is 18.2 Å². The van der Waals surface area contributed by atoms with Crippen molar-refractivity contribution in [1.29, 1.82) is 0 Å². The molecule has 0 saturated carbocycles. The number of ether oxygens (including phenoxy) is 2. The predicted molar refractivity (Wildman–Crippen MR) is 45.9 cm³/mol. The molecule has 0 bridgehead atoms. The molecule has 14 heavy (non-hydrogen) atoms. The average molecular weight is 200 g/mol. The maximum Gasteiger partial charge on any atom is 0.338 e. The minimum absolute atomic E-state index is 0.125. The van der Waals surface area contributed by atoms with Crippen molar-refractivity contribution in [2.75, 3.05) is 13.9 Å². The Hall–Kier alpha value is -1.62. The van der Waals surface area contributed by atoms with Crippen LogP contribution in [0, 0.1) is 5.82 Å². The molecule has 76 valence electrons. The van der Waals surface area contributed by atoms with Gasteiger partial charge in [-0.2, -0.15) is 0 Å². The lowest BCUT2D eigenvalue weighted by Crippen LogP contribution is -2.05. The maximum absolute atomic E-state index is 13.3. The third kappa shape index (κ3) is 2.20. The first-order chi connectivity index (χ1) is 6.66. The van der Waals surface area contributed by atoms with E-state index in [9.17, 15) is 9.18 Å². The summed E-state index contributed by atoms with van der Waals surface area (Å²) in [5, 5.41) is 8.59. The highest BCUT2D eigenvalue weighted by molar-refractivity contribution is 5.88. The topological polar surface area (TPSA) is 55.8 Å². The van der Waals surface area contributed by atoms with E-state index in [4.69, 9.17) is 9.84 Å². The highest BCUT2D eigenvalue weighted by Gasteiger charge is 2.14. The number of methoxy groups -OCH3 is 1. The average Bonchev–Trinajstić information content (AvgIpc) is 2.16. The van der Waals surface area contributed by atoms with Crippen LogP contribution in [0.25, 0.3) is 0 Å². The summed E-state index contributed by atoms with van der Waals surface area (Å²) in [5.41, 5.74) is -0.418. The zero-order valence-corrected chi connectivity index (χ0v) is 7.49. The first-order valence-electron chi connectivity index (χ1n) is 3.80. The van der Waals surface area contributed by atoms with E-state index in [0.717, 1.165) is 6.07 Å². The van der Waals surface area contributed by atoms with Crippen molar-refractivity contribution in [3.8, 4) is 5.75 Å². The normalized spacial score (nSPS) is 9.86.